The van der Waals surface area contributed by atoms with Crippen molar-refractivity contribution in [2.24, 2.45) is 0 Å². The lowest BCUT2D eigenvalue weighted by Gasteiger charge is -2.06. The van der Waals surface area contributed by atoms with Gasteiger partial charge >= 0.3 is 0 Å². The van der Waals surface area contributed by atoms with Crippen molar-refractivity contribution >= 4 is 6.08 Å². The quantitative estimate of drug-likeness (QED) is 0.708. The molecule has 0 aliphatic rings. The summed E-state index contributed by atoms with van der Waals surface area (Å²) in [5, 5.41) is 17.9. The summed E-state index contributed by atoms with van der Waals surface area (Å²) >= 11 is 0. The van der Waals surface area contributed by atoms with Crippen LogP contribution in [-0.4, -0.2) is 16.8 Å². The zero-order valence-corrected chi connectivity index (χ0v) is 6.77. The van der Waals surface area contributed by atoms with Crippen LogP contribution in [0, 0.1) is 0 Å². The Bertz CT molecular complexity index is 251. The highest BCUT2D eigenvalue weighted by Gasteiger charge is 2.03. The molecule has 0 saturated heterocycles. The first-order valence-corrected chi connectivity index (χ1v) is 3.79. The van der Waals surface area contributed by atoms with Crippen LogP contribution in [0.15, 0.2) is 30.8 Å². The molecule has 0 aromatic heterocycles. The van der Waals surface area contributed by atoms with Crippen molar-refractivity contribution in [2.45, 2.75) is 6.10 Å². The van der Waals surface area contributed by atoms with E-state index in [0.717, 1.165) is 11.1 Å². The third-order valence-electron chi connectivity index (χ3n) is 1.73. The van der Waals surface area contributed by atoms with E-state index in [2.05, 4.69) is 6.58 Å². The SMILES string of the molecule is C=Cc1ccc(C(O)CO)cc1. The molecule has 0 spiro atoms. The van der Waals surface area contributed by atoms with E-state index in [4.69, 9.17) is 5.11 Å². The third kappa shape index (κ3) is 1.94. The van der Waals surface area contributed by atoms with Crippen molar-refractivity contribution in [3.05, 3.63) is 42.0 Å². The third-order valence-corrected chi connectivity index (χ3v) is 1.73. The molecule has 1 aromatic carbocycles. The van der Waals surface area contributed by atoms with Crippen LogP contribution < -0.4 is 0 Å². The topological polar surface area (TPSA) is 40.5 Å². The predicted octanol–water partition coefficient (Wildman–Crippen LogP) is 1.36. The molecule has 0 heterocycles. The van der Waals surface area contributed by atoms with E-state index in [1.165, 1.54) is 0 Å². The van der Waals surface area contributed by atoms with Crippen LogP contribution in [0.3, 0.4) is 0 Å². The molecule has 0 radical (unpaired) electrons. The Morgan fingerprint density at radius 2 is 1.92 bits per heavy atom. The molecule has 0 saturated carbocycles. The monoisotopic (exact) mass is 164 g/mol. The maximum Gasteiger partial charge on any atom is 0.102 e. The van der Waals surface area contributed by atoms with Crippen LogP contribution in [0.5, 0.6) is 0 Å². The van der Waals surface area contributed by atoms with Crippen molar-refractivity contribution in [1.29, 1.82) is 0 Å². The van der Waals surface area contributed by atoms with E-state index in [9.17, 15) is 5.11 Å². The van der Waals surface area contributed by atoms with Gasteiger partial charge in [-0.25, -0.2) is 0 Å². The Morgan fingerprint density at radius 1 is 1.33 bits per heavy atom. The first-order chi connectivity index (χ1) is 5.77. The van der Waals surface area contributed by atoms with E-state index in [1.54, 1.807) is 18.2 Å². The Morgan fingerprint density at radius 3 is 2.33 bits per heavy atom. The van der Waals surface area contributed by atoms with Crippen molar-refractivity contribution in [3.8, 4) is 0 Å². The average molecular weight is 164 g/mol. The zero-order chi connectivity index (χ0) is 8.97. The average Bonchev–Trinajstić information content (AvgIpc) is 2.17. The van der Waals surface area contributed by atoms with Crippen LogP contribution >= 0.6 is 0 Å². The summed E-state index contributed by atoms with van der Waals surface area (Å²) < 4.78 is 0. The minimum atomic E-state index is -0.774. The van der Waals surface area contributed by atoms with Gasteiger partial charge in [0.2, 0.25) is 0 Å². The Balaban J connectivity index is 2.84. The Kier molecular flexibility index (Phi) is 3.02. The molecule has 64 valence electrons. The summed E-state index contributed by atoms with van der Waals surface area (Å²) in [6.07, 6.45) is 0.957. The van der Waals surface area contributed by atoms with Crippen LogP contribution in [0.1, 0.15) is 17.2 Å². The van der Waals surface area contributed by atoms with Gasteiger partial charge in [-0.05, 0) is 11.1 Å². The maximum absolute atomic E-state index is 9.22. The van der Waals surface area contributed by atoms with E-state index in [1.807, 2.05) is 12.1 Å². The summed E-state index contributed by atoms with van der Waals surface area (Å²) in [5.74, 6) is 0. The minimum absolute atomic E-state index is 0.243. The molecule has 12 heavy (non-hydrogen) atoms. The van der Waals surface area contributed by atoms with Crippen LogP contribution in [0.25, 0.3) is 6.08 Å². The first kappa shape index (κ1) is 8.97. The number of hydrogen-bond acceptors (Lipinski definition) is 2. The lowest BCUT2D eigenvalue weighted by molar-refractivity contribution is 0.0956. The second-order valence-electron chi connectivity index (χ2n) is 2.57. The van der Waals surface area contributed by atoms with Gasteiger partial charge in [-0.1, -0.05) is 36.9 Å². The van der Waals surface area contributed by atoms with Gasteiger partial charge in [-0.15, -0.1) is 0 Å². The molecule has 1 unspecified atom stereocenters. The number of aliphatic hydroxyl groups excluding tert-OH is 2. The fourth-order valence-electron chi connectivity index (χ4n) is 0.960. The lowest BCUT2D eigenvalue weighted by Crippen LogP contribution is -2.01. The number of hydrogen-bond donors (Lipinski definition) is 2. The van der Waals surface area contributed by atoms with Gasteiger partial charge < -0.3 is 10.2 Å². The van der Waals surface area contributed by atoms with Crippen molar-refractivity contribution in [2.75, 3.05) is 6.61 Å². The van der Waals surface area contributed by atoms with Gasteiger partial charge in [0.15, 0.2) is 0 Å². The molecule has 0 aliphatic carbocycles. The molecule has 1 rings (SSSR count). The van der Waals surface area contributed by atoms with Gasteiger partial charge in [-0.2, -0.15) is 0 Å². The summed E-state index contributed by atoms with van der Waals surface area (Å²) in [4.78, 5) is 0. The van der Waals surface area contributed by atoms with Crippen molar-refractivity contribution in [3.63, 3.8) is 0 Å². The van der Waals surface area contributed by atoms with Crippen molar-refractivity contribution < 1.29 is 10.2 Å². The van der Waals surface area contributed by atoms with E-state index in [0.29, 0.717) is 0 Å². The highest BCUT2D eigenvalue weighted by Crippen LogP contribution is 2.13. The second-order valence-corrected chi connectivity index (χ2v) is 2.57. The van der Waals surface area contributed by atoms with E-state index < -0.39 is 6.10 Å². The highest BCUT2D eigenvalue weighted by atomic mass is 16.3. The standard InChI is InChI=1S/C10H12O2/c1-2-8-3-5-9(6-4-8)10(12)7-11/h2-6,10-12H,1,7H2. The lowest BCUT2D eigenvalue weighted by atomic mass is 10.1. The molecule has 0 fully saturated rings. The van der Waals surface area contributed by atoms with Gasteiger partial charge in [-0.3, -0.25) is 0 Å². The molecule has 0 amide bonds. The molecular formula is C10H12O2. The molecule has 0 aliphatic heterocycles. The molecule has 2 nitrogen and oxygen atoms in total. The molecular weight excluding hydrogens is 152 g/mol. The van der Waals surface area contributed by atoms with Crippen LogP contribution in [0.2, 0.25) is 0 Å². The number of benzene rings is 1. The molecule has 1 aromatic rings. The van der Waals surface area contributed by atoms with Crippen LogP contribution in [0.4, 0.5) is 0 Å². The summed E-state index contributed by atoms with van der Waals surface area (Å²) in [6.45, 7) is 3.37. The minimum Gasteiger partial charge on any atom is -0.393 e. The molecule has 2 N–H and O–H groups in total. The van der Waals surface area contributed by atoms with Crippen LogP contribution in [-0.2, 0) is 0 Å². The van der Waals surface area contributed by atoms with Gasteiger partial charge in [0.1, 0.15) is 6.10 Å². The largest absolute Gasteiger partial charge is 0.393 e. The second kappa shape index (κ2) is 4.04. The van der Waals surface area contributed by atoms with E-state index >= 15 is 0 Å². The Hall–Kier alpha value is -1.12. The fourth-order valence-corrected chi connectivity index (χ4v) is 0.960. The highest BCUT2D eigenvalue weighted by molar-refractivity contribution is 5.47. The first-order valence-electron chi connectivity index (χ1n) is 3.79. The number of rotatable bonds is 3. The number of aliphatic hydroxyl groups is 2. The summed E-state index contributed by atoms with van der Waals surface area (Å²) in [7, 11) is 0. The summed E-state index contributed by atoms with van der Waals surface area (Å²) in [6, 6.07) is 7.25. The zero-order valence-electron chi connectivity index (χ0n) is 6.77. The van der Waals surface area contributed by atoms with Gasteiger partial charge in [0, 0.05) is 0 Å². The smallest absolute Gasteiger partial charge is 0.102 e. The Labute approximate surface area is 71.8 Å². The predicted molar refractivity (Wildman–Crippen MR) is 48.6 cm³/mol. The fraction of sp³-hybridized carbons (Fsp3) is 0.200. The molecule has 0 bridgehead atoms. The van der Waals surface area contributed by atoms with Crippen molar-refractivity contribution in [1.82, 2.24) is 0 Å². The maximum atomic E-state index is 9.22. The van der Waals surface area contributed by atoms with Gasteiger partial charge in [0.25, 0.3) is 0 Å². The molecule has 2 heteroatoms. The molecule has 1 atom stereocenters. The summed E-state index contributed by atoms with van der Waals surface area (Å²) in [5.41, 5.74) is 1.73. The van der Waals surface area contributed by atoms with Gasteiger partial charge in [0.05, 0.1) is 6.61 Å². The normalized spacial score (nSPS) is 12.5. The van der Waals surface area contributed by atoms with E-state index in [-0.39, 0.29) is 6.61 Å².